The number of hydrogen-bond donors (Lipinski definition) is 0. The number of esters is 1. The van der Waals surface area contributed by atoms with Gasteiger partial charge in [0.1, 0.15) is 0 Å². The van der Waals surface area contributed by atoms with Gasteiger partial charge in [0.15, 0.2) is 22.2 Å². The van der Waals surface area contributed by atoms with Gasteiger partial charge in [-0.3, -0.25) is 4.79 Å². The topological polar surface area (TPSA) is 86.5 Å². The molecule has 0 atom stereocenters. The van der Waals surface area contributed by atoms with Crippen LogP contribution in [-0.4, -0.2) is 25.1 Å². The molecular formula is C20H19NO5S. The number of sulfone groups is 1. The summed E-state index contributed by atoms with van der Waals surface area (Å²) in [6, 6.07) is 15.9. The van der Waals surface area contributed by atoms with Crippen LogP contribution in [0.1, 0.15) is 17.9 Å². The van der Waals surface area contributed by atoms with E-state index in [9.17, 15) is 13.2 Å². The maximum absolute atomic E-state index is 12.2. The van der Waals surface area contributed by atoms with Crippen LogP contribution in [0, 0.1) is 6.92 Å². The fraction of sp³-hybridized carbons (Fsp3) is 0.200. The zero-order valence-corrected chi connectivity index (χ0v) is 15.6. The molecule has 0 radical (unpaired) electrons. The van der Waals surface area contributed by atoms with Crippen molar-refractivity contribution >= 4 is 15.8 Å². The highest BCUT2D eigenvalue weighted by atomic mass is 32.2. The standard InChI is InChI=1S/C20H19NO5S/c1-15-7-9-17(10-8-15)27(23,24)12-11-20(22)25-14-19-21-13-18(26-19)16-5-3-2-4-6-16/h2-10,13H,11-12,14H2,1H3. The summed E-state index contributed by atoms with van der Waals surface area (Å²) in [6.07, 6.45) is 1.32. The highest BCUT2D eigenvalue weighted by Gasteiger charge is 2.17. The van der Waals surface area contributed by atoms with Gasteiger partial charge >= 0.3 is 5.97 Å². The van der Waals surface area contributed by atoms with Crippen molar-refractivity contribution in [2.24, 2.45) is 0 Å². The van der Waals surface area contributed by atoms with E-state index in [1.807, 2.05) is 37.3 Å². The Bertz CT molecular complexity index is 1010. The van der Waals surface area contributed by atoms with E-state index in [1.165, 1.54) is 12.1 Å². The number of aromatic nitrogens is 1. The molecule has 1 aromatic heterocycles. The number of ether oxygens (including phenoxy) is 1. The van der Waals surface area contributed by atoms with Crippen LogP contribution in [0.2, 0.25) is 0 Å². The molecule has 3 aromatic rings. The summed E-state index contributed by atoms with van der Waals surface area (Å²) in [5.74, 6) is -0.104. The molecule has 0 aliphatic rings. The number of oxazole rings is 1. The Kier molecular flexibility index (Phi) is 5.71. The summed E-state index contributed by atoms with van der Waals surface area (Å²) in [6.45, 7) is 1.73. The second-order valence-corrected chi connectivity index (χ2v) is 8.14. The second-order valence-electron chi connectivity index (χ2n) is 6.03. The number of rotatable bonds is 7. The minimum atomic E-state index is -3.53. The van der Waals surface area contributed by atoms with Crippen molar-refractivity contribution in [2.45, 2.75) is 24.8 Å². The minimum absolute atomic E-state index is 0.143. The van der Waals surface area contributed by atoms with Crippen molar-refractivity contribution in [2.75, 3.05) is 5.75 Å². The molecule has 140 valence electrons. The Morgan fingerprint density at radius 3 is 2.48 bits per heavy atom. The van der Waals surface area contributed by atoms with Crippen molar-refractivity contribution in [1.82, 2.24) is 4.98 Å². The lowest BCUT2D eigenvalue weighted by atomic mass is 10.2. The third-order valence-corrected chi connectivity index (χ3v) is 5.66. The molecule has 3 rings (SSSR count). The van der Waals surface area contributed by atoms with Crippen LogP contribution in [0.25, 0.3) is 11.3 Å². The van der Waals surface area contributed by atoms with Gasteiger partial charge in [-0.15, -0.1) is 0 Å². The average molecular weight is 385 g/mol. The van der Waals surface area contributed by atoms with E-state index >= 15 is 0 Å². The Balaban J connectivity index is 1.51. The molecule has 0 aliphatic heterocycles. The van der Waals surface area contributed by atoms with E-state index in [1.54, 1.807) is 18.3 Å². The summed E-state index contributed by atoms with van der Waals surface area (Å²) in [7, 11) is -3.53. The van der Waals surface area contributed by atoms with E-state index in [-0.39, 0.29) is 29.6 Å². The number of carbonyl (C=O) groups excluding carboxylic acids is 1. The van der Waals surface area contributed by atoms with E-state index in [4.69, 9.17) is 9.15 Å². The molecule has 0 spiro atoms. The largest absolute Gasteiger partial charge is 0.456 e. The van der Waals surface area contributed by atoms with Gasteiger partial charge in [0.05, 0.1) is 23.3 Å². The number of aryl methyl sites for hydroxylation is 1. The van der Waals surface area contributed by atoms with Crippen LogP contribution in [0.4, 0.5) is 0 Å². The highest BCUT2D eigenvalue weighted by Crippen LogP contribution is 2.20. The lowest BCUT2D eigenvalue weighted by Crippen LogP contribution is -2.13. The van der Waals surface area contributed by atoms with E-state index in [2.05, 4.69) is 4.98 Å². The molecule has 1 heterocycles. The maximum Gasteiger partial charge on any atom is 0.307 e. The SMILES string of the molecule is Cc1ccc(S(=O)(=O)CCC(=O)OCc2ncc(-c3ccccc3)o2)cc1. The van der Waals surface area contributed by atoms with Gasteiger partial charge < -0.3 is 9.15 Å². The second kappa shape index (κ2) is 8.18. The Labute approximate surface area is 157 Å². The number of carbonyl (C=O) groups is 1. The molecule has 6 nitrogen and oxygen atoms in total. The monoisotopic (exact) mass is 385 g/mol. The van der Waals surface area contributed by atoms with Crippen LogP contribution in [-0.2, 0) is 26.0 Å². The van der Waals surface area contributed by atoms with Gasteiger partial charge in [0.25, 0.3) is 0 Å². The summed E-state index contributed by atoms with van der Waals surface area (Å²) in [4.78, 5) is 16.1. The Morgan fingerprint density at radius 2 is 1.78 bits per heavy atom. The molecule has 0 saturated carbocycles. The fourth-order valence-electron chi connectivity index (χ4n) is 2.41. The van der Waals surface area contributed by atoms with Gasteiger partial charge in [-0.25, -0.2) is 13.4 Å². The third kappa shape index (κ3) is 5.04. The number of benzene rings is 2. The zero-order chi connectivity index (χ0) is 19.3. The van der Waals surface area contributed by atoms with Crippen molar-refractivity contribution in [3.8, 4) is 11.3 Å². The summed E-state index contributed by atoms with van der Waals surface area (Å²) >= 11 is 0. The summed E-state index contributed by atoms with van der Waals surface area (Å²) < 4.78 is 35.1. The van der Waals surface area contributed by atoms with Gasteiger partial charge in [-0.1, -0.05) is 48.0 Å². The summed E-state index contributed by atoms with van der Waals surface area (Å²) in [5, 5.41) is 0. The van der Waals surface area contributed by atoms with Crippen molar-refractivity contribution in [3.05, 3.63) is 72.2 Å². The third-order valence-electron chi connectivity index (χ3n) is 3.92. The average Bonchev–Trinajstić information content (AvgIpc) is 3.15. The molecule has 0 saturated heterocycles. The summed E-state index contributed by atoms with van der Waals surface area (Å²) in [5.41, 5.74) is 1.83. The molecule has 0 unspecified atom stereocenters. The smallest absolute Gasteiger partial charge is 0.307 e. The lowest BCUT2D eigenvalue weighted by molar-refractivity contribution is -0.145. The zero-order valence-electron chi connectivity index (χ0n) is 14.8. The van der Waals surface area contributed by atoms with Gasteiger partial charge in [0.2, 0.25) is 5.89 Å². The van der Waals surface area contributed by atoms with Crippen molar-refractivity contribution in [3.63, 3.8) is 0 Å². The van der Waals surface area contributed by atoms with E-state index < -0.39 is 15.8 Å². The first-order valence-electron chi connectivity index (χ1n) is 8.39. The predicted molar refractivity (Wildman–Crippen MR) is 99.6 cm³/mol. The van der Waals surface area contributed by atoms with Crippen LogP contribution < -0.4 is 0 Å². The quantitative estimate of drug-likeness (QED) is 0.578. The molecule has 0 N–H and O–H groups in total. The van der Waals surface area contributed by atoms with Crippen LogP contribution in [0.15, 0.2) is 70.1 Å². The molecule has 0 bridgehead atoms. The predicted octanol–water partition coefficient (Wildman–Crippen LogP) is 3.56. The van der Waals surface area contributed by atoms with Crippen LogP contribution in [0.5, 0.6) is 0 Å². The molecular weight excluding hydrogens is 366 g/mol. The number of hydrogen-bond acceptors (Lipinski definition) is 6. The highest BCUT2D eigenvalue weighted by molar-refractivity contribution is 7.91. The van der Waals surface area contributed by atoms with Crippen molar-refractivity contribution in [1.29, 1.82) is 0 Å². The van der Waals surface area contributed by atoms with Crippen molar-refractivity contribution < 1.29 is 22.4 Å². The van der Waals surface area contributed by atoms with Gasteiger partial charge in [-0.2, -0.15) is 0 Å². The molecule has 0 amide bonds. The Morgan fingerprint density at radius 1 is 1.07 bits per heavy atom. The van der Waals surface area contributed by atoms with Gasteiger partial charge in [0, 0.05) is 5.56 Å². The first-order chi connectivity index (χ1) is 12.9. The Hall–Kier alpha value is -2.93. The van der Waals surface area contributed by atoms with E-state index in [0.717, 1.165) is 11.1 Å². The first kappa shape index (κ1) is 18.8. The van der Waals surface area contributed by atoms with E-state index in [0.29, 0.717) is 5.76 Å². The molecule has 0 aliphatic carbocycles. The molecule has 7 heteroatoms. The fourth-order valence-corrected chi connectivity index (χ4v) is 3.63. The minimum Gasteiger partial charge on any atom is -0.456 e. The van der Waals surface area contributed by atoms with Crippen LogP contribution in [0.3, 0.4) is 0 Å². The number of nitrogens with zero attached hydrogens (tertiary/aromatic N) is 1. The first-order valence-corrected chi connectivity index (χ1v) is 10.0. The van der Waals surface area contributed by atoms with Gasteiger partial charge in [-0.05, 0) is 19.1 Å². The van der Waals surface area contributed by atoms with Crippen LogP contribution >= 0.6 is 0 Å². The molecule has 27 heavy (non-hydrogen) atoms. The normalized spacial score (nSPS) is 11.3. The molecule has 2 aromatic carbocycles. The maximum atomic E-state index is 12.2. The molecule has 0 fully saturated rings. The lowest BCUT2D eigenvalue weighted by Gasteiger charge is -2.05.